The first kappa shape index (κ1) is 17.9. The van der Waals surface area contributed by atoms with E-state index in [4.69, 9.17) is 0 Å². The van der Waals surface area contributed by atoms with Crippen LogP contribution in [0.1, 0.15) is 23.5 Å². The number of allylic oxidation sites excluding steroid dienone is 5. The van der Waals surface area contributed by atoms with Gasteiger partial charge in [-0.1, -0.05) is 0 Å². The Bertz CT molecular complexity index is 763. The molecule has 1 aromatic heterocycles. The van der Waals surface area contributed by atoms with Crippen LogP contribution in [-0.2, 0) is 24.4 Å². The third-order valence-corrected chi connectivity index (χ3v) is 6.44. The van der Waals surface area contributed by atoms with Crippen molar-refractivity contribution >= 4 is 13.9 Å². The Morgan fingerprint density at radius 2 is 2.00 bits per heavy atom. The zero-order valence-electron chi connectivity index (χ0n) is 11.7. The number of benzene rings is 1. The van der Waals surface area contributed by atoms with Gasteiger partial charge in [0.1, 0.15) is 0 Å². The molecule has 1 aromatic carbocycles. The van der Waals surface area contributed by atoms with Crippen LogP contribution in [0.4, 0.5) is 0 Å². The molecule has 0 spiro atoms. The molecule has 0 fully saturated rings. The fourth-order valence-electron chi connectivity index (χ4n) is 3.04. The first-order chi connectivity index (χ1) is 9.84. The number of rotatable bonds is 2. The van der Waals surface area contributed by atoms with Gasteiger partial charge in [-0.05, 0) is 0 Å². The second-order valence-electron chi connectivity index (χ2n) is 5.13. The van der Waals surface area contributed by atoms with E-state index < -0.39 is 0 Å². The van der Waals surface area contributed by atoms with E-state index in [9.17, 15) is 0 Å². The van der Waals surface area contributed by atoms with Crippen molar-refractivity contribution in [2.45, 2.75) is 12.3 Å². The van der Waals surface area contributed by atoms with E-state index in [0.717, 1.165) is 6.42 Å². The van der Waals surface area contributed by atoms with Gasteiger partial charge in [-0.2, -0.15) is 0 Å². The van der Waals surface area contributed by atoms with Crippen molar-refractivity contribution in [3.63, 3.8) is 0 Å². The summed E-state index contributed by atoms with van der Waals surface area (Å²) in [5.74, 6) is 4.86. The summed E-state index contributed by atoms with van der Waals surface area (Å²) in [6.07, 6.45) is 10.4. The first-order valence-electron chi connectivity index (χ1n) is 6.75. The summed E-state index contributed by atoms with van der Waals surface area (Å²) in [6, 6.07) is 8.85. The van der Waals surface area contributed by atoms with Gasteiger partial charge in [-0.15, -0.1) is 0 Å². The third-order valence-electron chi connectivity index (χ3n) is 3.98. The molecule has 0 saturated carbocycles. The van der Waals surface area contributed by atoms with Gasteiger partial charge < -0.3 is 24.8 Å². The molecule has 1 unspecified atom stereocenters. The molecule has 0 saturated heterocycles. The summed E-state index contributed by atoms with van der Waals surface area (Å²) in [5.41, 5.74) is 5.73. The van der Waals surface area contributed by atoms with Gasteiger partial charge in [-0.3, -0.25) is 0 Å². The van der Waals surface area contributed by atoms with Crippen LogP contribution >= 0.6 is 8.19 Å². The monoisotopic (exact) mass is 512 g/mol. The maximum atomic E-state index is 2.44. The third kappa shape index (κ3) is 2.99. The van der Waals surface area contributed by atoms with Crippen molar-refractivity contribution in [2.75, 3.05) is 0 Å². The van der Waals surface area contributed by atoms with Gasteiger partial charge in [0.05, 0.1) is 0 Å². The summed E-state index contributed by atoms with van der Waals surface area (Å²) >= 11 is 1.17. The summed E-state index contributed by atoms with van der Waals surface area (Å²) in [6.45, 7) is 0. The van der Waals surface area contributed by atoms with Gasteiger partial charge in [0.25, 0.3) is 0 Å². The fraction of sp³-hybridized carbons (Fsp3) is 0.118. The number of halogens is 2. The van der Waals surface area contributed by atoms with Crippen LogP contribution in [0, 0.1) is 0 Å². The van der Waals surface area contributed by atoms with Crippen molar-refractivity contribution in [1.29, 1.82) is 0 Å². The van der Waals surface area contributed by atoms with Crippen LogP contribution in [0.5, 0.6) is 0 Å². The van der Waals surface area contributed by atoms with Crippen molar-refractivity contribution in [3.8, 4) is 0 Å². The van der Waals surface area contributed by atoms with Gasteiger partial charge in [-0.25, -0.2) is 0 Å². The molecule has 0 aliphatic heterocycles. The molecule has 5 heteroatoms. The number of hydrogen-bond acceptors (Lipinski definition) is 0. The Labute approximate surface area is 159 Å². The van der Waals surface area contributed by atoms with Crippen molar-refractivity contribution in [3.05, 3.63) is 80.4 Å². The second kappa shape index (κ2) is 7.45. The molecule has 0 amide bonds. The van der Waals surface area contributed by atoms with E-state index in [0.29, 0.717) is 5.92 Å². The normalized spacial score (nSPS) is 19.0. The van der Waals surface area contributed by atoms with Crippen LogP contribution in [0.3, 0.4) is 0 Å². The summed E-state index contributed by atoms with van der Waals surface area (Å²) in [5, 5.41) is 0. The molecule has 4 rings (SSSR count). The van der Waals surface area contributed by atoms with Crippen molar-refractivity contribution < 1.29 is 49.2 Å². The molecular formula is C17H13Cl2HfNP. The van der Waals surface area contributed by atoms with Gasteiger partial charge in [0.15, 0.2) is 0 Å². The Hall–Kier alpha value is -0.400. The minimum absolute atomic E-state index is 0. The molecule has 2 aliphatic rings. The van der Waals surface area contributed by atoms with Crippen LogP contribution in [-0.4, -0.2) is 4.57 Å². The molecule has 1 atom stereocenters. The van der Waals surface area contributed by atoms with Gasteiger partial charge in [0.2, 0.25) is 0 Å². The van der Waals surface area contributed by atoms with E-state index in [1.165, 1.54) is 49.4 Å². The van der Waals surface area contributed by atoms with Gasteiger partial charge in [0, 0.05) is 0 Å². The van der Waals surface area contributed by atoms with E-state index >= 15 is 0 Å². The molecule has 1 nitrogen and oxygen atoms in total. The molecule has 0 bridgehead atoms. The second-order valence-corrected chi connectivity index (χ2v) is 8.12. The molecule has 2 aliphatic carbocycles. The summed E-state index contributed by atoms with van der Waals surface area (Å²) in [4.78, 5) is 0. The number of hydrogen-bond donors (Lipinski definition) is 0. The average Bonchev–Trinajstić information content (AvgIpc) is 3.17. The van der Waals surface area contributed by atoms with Crippen LogP contribution in [0.15, 0.2) is 69.3 Å². The average molecular weight is 512 g/mol. The molecule has 2 aromatic rings. The molecule has 109 valence electrons. The standard InChI is InChI=1S/C17H13NP.2ClH.Hf/c1-2-6-13(5-1)16-11-17(18-9-10-19-12-18)15-8-4-3-7-14(15)16;;;/h1,3-5,7-12,16H,2H2;2*1H;/q;;;+2/p-2. The first-order valence-corrected chi connectivity index (χ1v) is 9.58. The predicted octanol–water partition coefficient (Wildman–Crippen LogP) is -1.18. The van der Waals surface area contributed by atoms with E-state index in [1.54, 1.807) is 8.90 Å². The Balaban J connectivity index is 0.000000882. The van der Waals surface area contributed by atoms with Crippen LogP contribution in [0.2, 0.25) is 0 Å². The predicted molar refractivity (Wildman–Crippen MR) is 80.3 cm³/mol. The quantitative estimate of drug-likeness (QED) is 0.448. The van der Waals surface area contributed by atoms with E-state index in [1.807, 2.05) is 0 Å². The zero-order valence-corrected chi connectivity index (χ0v) is 17.7. The number of aromatic nitrogens is 1. The molecule has 0 N–H and O–H groups in total. The Morgan fingerprint density at radius 1 is 1.18 bits per heavy atom. The van der Waals surface area contributed by atoms with Crippen LogP contribution < -0.4 is 24.8 Å². The molecular weight excluding hydrogens is 499 g/mol. The Morgan fingerprint density at radius 3 is 2.68 bits per heavy atom. The Kier molecular flexibility index (Phi) is 6.07. The van der Waals surface area contributed by atoms with Crippen LogP contribution in [0.25, 0.3) is 5.70 Å². The number of nitrogens with zero attached hydrogens (tertiary/aromatic N) is 1. The van der Waals surface area contributed by atoms with Gasteiger partial charge >= 0.3 is 136 Å². The fourth-order valence-corrected chi connectivity index (χ4v) is 4.96. The maximum absolute atomic E-state index is 2.44. The zero-order chi connectivity index (χ0) is 13.5. The molecule has 0 radical (unpaired) electrons. The summed E-state index contributed by atoms with van der Waals surface area (Å²) in [7, 11) is 1.27. The topological polar surface area (TPSA) is 4.93 Å². The van der Waals surface area contributed by atoms with Crippen molar-refractivity contribution in [1.82, 2.24) is 4.57 Å². The van der Waals surface area contributed by atoms with E-state index in [-0.39, 0.29) is 24.8 Å². The number of fused-ring (bicyclic) bond motifs is 1. The molecule has 1 heterocycles. The SMILES string of the molecule is [Cl-].[Cl-].[Hf+2][C]1=C(C2C=C(n3ccpc3)c3ccccc32)C=CC1. The summed E-state index contributed by atoms with van der Waals surface area (Å²) < 4.78 is 3.91. The van der Waals surface area contributed by atoms with E-state index in [2.05, 4.69) is 65.0 Å². The molecule has 22 heavy (non-hydrogen) atoms. The minimum atomic E-state index is 0. The van der Waals surface area contributed by atoms with Crippen molar-refractivity contribution in [2.24, 2.45) is 0 Å².